The van der Waals surface area contributed by atoms with Crippen LogP contribution in [0.5, 0.6) is 11.5 Å². The van der Waals surface area contributed by atoms with Crippen molar-refractivity contribution in [3.05, 3.63) is 53.1 Å². The summed E-state index contributed by atoms with van der Waals surface area (Å²) >= 11 is 0. The van der Waals surface area contributed by atoms with E-state index in [0.29, 0.717) is 23.6 Å². The Morgan fingerprint density at radius 2 is 1.76 bits per heavy atom. The van der Waals surface area contributed by atoms with Gasteiger partial charge in [0.2, 0.25) is 0 Å². The quantitative estimate of drug-likeness (QED) is 0.809. The molecule has 0 saturated carbocycles. The maximum atomic E-state index is 12.7. The molecular formula is C22H26N2O5. The third kappa shape index (κ3) is 4.68. The van der Waals surface area contributed by atoms with Crippen LogP contribution in [0.2, 0.25) is 0 Å². The number of nitrogens with one attached hydrogen (secondary N) is 1. The molecule has 0 aliphatic carbocycles. The predicted octanol–water partition coefficient (Wildman–Crippen LogP) is 2.48. The largest absolute Gasteiger partial charge is 0.496 e. The zero-order valence-corrected chi connectivity index (χ0v) is 17.2. The van der Waals surface area contributed by atoms with Crippen LogP contribution >= 0.6 is 0 Å². The highest BCUT2D eigenvalue weighted by atomic mass is 16.5. The summed E-state index contributed by atoms with van der Waals surface area (Å²) in [5.41, 5.74) is 3.36. The molecule has 1 heterocycles. The maximum absolute atomic E-state index is 12.7. The van der Waals surface area contributed by atoms with Crippen LogP contribution < -0.4 is 19.7 Å². The highest BCUT2D eigenvalue weighted by molar-refractivity contribution is 6.00. The lowest BCUT2D eigenvalue weighted by atomic mass is 10.1. The van der Waals surface area contributed by atoms with Crippen molar-refractivity contribution in [2.45, 2.75) is 20.0 Å². The molecular weight excluding hydrogens is 372 g/mol. The third-order valence-electron chi connectivity index (χ3n) is 4.79. The molecule has 0 aromatic heterocycles. The minimum absolute atomic E-state index is 0.0223. The lowest BCUT2D eigenvalue weighted by Gasteiger charge is -2.33. The number of hydrogen-bond acceptors (Lipinski definition) is 5. The fraction of sp³-hybridized carbons (Fsp3) is 0.364. The molecule has 0 radical (unpaired) electrons. The monoisotopic (exact) mass is 398 g/mol. The van der Waals surface area contributed by atoms with Gasteiger partial charge >= 0.3 is 0 Å². The van der Waals surface area contributed by atoms with Crippen LogP contribution in [0.1, 0.15) is 21.5 Å². The minimum Gasteiger partial charge on any atom is -0.496 e. The topological polar surface area (TPSA) is 77.1 Å². The molecule has 1 fully saturated rings. The number of hydrogen-bond donors (Lipinski definition) is 1. The van der Waals surface area contributed by atoms with Crippen LogP contribution in [0.25, 0.3) is 0 Å². The Morgan fingerprint density at radius 3 is 2.34 bits per heavy atom. The molecule has 29 heavy (non-hydrogen) atoms. The van der Waals surface area contributed by atoms with Crippen LogP contribution in [0.4, 0.5) is 5.69 Å². The van der Waals surface area contributed by atoms with Crippen molar-refractivity contribution in [1.29, 1.82) is 0 Å². The number of nitrogens with zero attached hydrogens (tertiary/aromatic N) is 1. The fourth-order valence-electron chi connectivity index (χ4n) is 3.47. The molecule has 1 atom stereocenters. The Labute approximate surface area is 170 Å². The number of amides is 2. The highest BCUT2D eigenvalue weighted by Crippen LogP contribution is 2.28. The normalized spacial score (nSPS) is 16.5. The molecule has 1 aliphatic heterocycles. The predicted molar refractivity (Wildman–Crippen MR) is 110 cm³/mol. The van der Waals surface area contributed by atoms with Gasteiger partial charge in [0.1, 0.15) is 23.7 Å². The Balaban J connectivity index is 1.70. The van der Waals surface area contributed by atoms with Crippen molar-refractivity contribution < 1.29 is 23.8 Å². The fourth-order valence-corrected chi connectivity index (χ4v) is 3.47. The number of carbonyl (C=O) groups is 2. The maximum Gasteiger partial charge on any atom is 0.258 e. The number of benzene rings is 2. The number of morpholine rings is 1. The molecule has 0 bridgehead atoms. The van der Waals surface area contributed by atoms with Gasteiger partial charge in [0, 0.05) is 12.2 Å². The van der Waals surface area contributed by atoms with E-state index in [1.807, 2.05) is 26.0 Å². The lowest BCUT2D eigenvalue weighted by Crippen LogP contribution is -2.50. The Hall–Kier alpha value is -3.06. The summed E-state index contributed by atoms with van der Waals surface area (Å²) in [4.78, 5) is 26.8. The summed E-state index contributed by atoms with van der Waals surface area (Å²) in [5, 5.41) is 2.87. The van der Waals surface area contributed by atoms with Crippen molar-refractivity contribution in [3.63, 3.8) is 0 Å². The molecule has 2 aromatic rings. The molecule has 7 nitrogen and oxygen atoms in total. The van der Waals surface area contributed by atoms with Gasteiger partial charge in [0.25, 0.3) is 11.8 Å². The Kier molecular flexibility index (Phi) is 6.39. The molecule has 2 amide bonds. The summed E-state index contributed by atoms with van der Waals surface area (Å²) in [6.07, 6.45) is -0.321. The van der Waals surface area contributed by atoms with E-state index in [1.165, 1.54) is 14.2 Å². The number of anilines is 1. The summed E-state index contributed by atoms with van der Waals surface area (Å²) < 4.78 is 16.2. The van der Waals surface area contributed by atoms with E-state index in [4.69, 9.17) is 14.2 Å². The zero-order valence-electron chi connectivity index (χ0n) is 17.2. The SMILES string of the molecule is COc1cccc(OC)c1C(=O)NCC1CN(c2cc(C)cc(C)c2)C(=O)CO1. The van der Waals surface area contributed by atoms with E-state index in [0.717, 1.165) is 16.8 Å². The summed E-state index contributed by atoms with van der Waals surface area (Å²) in [6.45, 7) is 4.60. The molecule has 7 heteroatoms. The first-order valence-corrected chi connectivity index (χ1v) is 9.42. The molecule has 2 aromatic carbocycles. The molecule has 1 saturated heterocycles. The van der Waals surface area contributed by atoms with E-state index >= 15 is 0 Å². The van der Waals surface area contributed by atoms with Gasteiger partial charge in [0.15, 0.2) is 0 Å². The number of rotatable bonds is 6. The second-order valence-electron chi connectivity index (χ2n) is 7.03. The number of methoxy groups -OCH3 is 2. The van der Waals surface area contributed by atoms with Gasteiger partial charge in [-0.1, -0.05) is 12.1 Å². The average molecular weight is 398 g/mol. The third-order valence-corrected chi connectivity index (χ3v) is 4.79. The highest BCUT2D eigenvalue weighted by Gasteiger charge is 2.28. The molecule has 0 spiro atoms. The van der Waals surface area contributed by atoms with Crippen molar-refractivity contribution in [1.82, 2.24) is 5.32 Å². The van der Waals surface area contributed by atoms with E-state index in [-0.39, 0.29) is 31.1 Å². The molecule has 1 unspecified atom stereocenters. The molecule has 1 aliphatic rings. The van der Waals surface area contributed by atoms with Gasteiger partial charge in [-0.25, -0.2) is 0 Å². The lowest BCUT2D eigenvalue weighted by molar-refractivity contribution is -0.129. The van der Waals surface area contributed by atoms with Crippen LogP contribution in [-0.2, 0) is 9.53 Å². The van der Waals surface area contributed by atoms with Crippen molar-refractivity contribution in [2.24, 2.45) is 0 Å². The zero-order chi connectivity index (χ0) is 21.0. The van der Waals surface area contributed by atoms with Gasteiger partial charge in [-0.15, -0.1) is 0 Å². The second kappa shape index (κ2) is 8.96. The number of aryl methyl sites for hydroxylation is 2. The van der Waals surface area contributed by atoms with Crippen LogP contribution in [0.15, 0.2) is 36.4 Å². The first-order valence-electron chi connectivity index (χ1n) is 9.42. The average Bonchev–Trinajstić information content (AvgIpc) is 2.71. The molecule has 1 N–H and O–H groups in total. The first-order chi connectivity index (χ1) is 13.9. The van der Waals surface area contributed by atoms with E-state index < -0.39 is 0 Å². The number of carbonyl (C=O) groups excluding carboxylic acids is 2. The van der Waals surface area contributed by atoms with Crippen LogP contribution in [0.3, 0.4) is 0 Å². The smallest absolute Gasteiger partial charge is 0.258 e. The standard InChI is InChI=1S/C22H26N2O5/c1-14-8-15(2)10-16(9-14)24-12-17(29-13-20(24)25)11-23-22(26)21-18(27-3)6-5-7-19(21)28-4/h5-10,17H,11-13H2,1-4H3,(H,23,26). The minimum atomic E-state index is -0.322. The van der Waals surface area contributed by atoms with Crippen molar-refractivity contribution >= 4 is 17.5 Å². The molecule has 154 valence electrons. The van der Waals surface area contributed by atoms with E-state index in [1.54, 1.807) is 23.1 Å². The Morgan fingerprint density at radius 1 is 1.14 bits per heavy atom. The molecule has 3 rings (SSSR count). The number of ether oxygens (including phenoxy) is 3. The van der Waals surface area contributed by atoms with Crippen LogP contribution in [0, 0.1) is 13.8 Å². The van der Waals surface area contributed by atoms with Crippen LogP contribution in [-0.4, -0.2) is 51.8 Å². The second-order valence-corrected chi connectivity index (χ2v) is 7.03. The first kappa shape index (κ1) is 20.7. The summed E-state index contributed by atoms with van der Waals surface area (Å²) in [5.74, 6) is 0.443. The van der Waals surface area contributed by atoms with Gasteiger partial charge in [0.05, 0.1) is 26.9 Å². The van der Waals surface area contributed by atoms with Gasteiger partial charge in [-0.3, -0.25) is 9.59 Å². The van der Waals surface area contributed by atoms with Crippen molar-refractivity contribution in [2.75, 3.05) is 38.8 Å². The Bertz CT molecular complexity index is 870. The van der Waals surface area contributed by atoms with Gasteiger partial charge < -0.3 is 24.4 Å². The van der Waals surface area contributed by atoms with E-state index in [2.05, 4.69) is 11.4 Å². The van der Waals surface area contributed by atoms with Gasteiger partial charge in [-0.2, -0.15) is 0 Å². The van der Waals surface area contributed by atoms with Gasteiger partial charge in [-0.05, 0) is 49.2 Å². The summed E-state index contributed by atoms with van der Waals surface area (Å²) in [7, 11) is 3.01. The van der Waals surface area contributed by atoms with Crippen molar-refractivity contribution in [3.8, 4) is 11.5 Å². The summed E-state index contributed by atoms with van der Waals surface area (Å²) in [6, 6.07) is 11.2. The van der Waals surface area contributed by atoms with E-state index in [9.17, 15) is 9.59 Å².